The third-order valence-electron chi connectivity index (χ3n) is 7.71. The predicted molar refractivity (Wildman–Crippen MR) is 156 cm³/mol. The Morgan fingerprint density at radius 1 is 0.919 bits per heavy atom. The van der Waals surface area contributed by atoms with Gasteiger partial charge in [-0.25, -0.2) is 0 Å². The first-order chi connectivity index (χ1) is 16.0. The van der Waals surface area contributed by atoms with Crippen LogP contribution in [0.2, 0.25) is 32.7 Å². The van der Waals surface area contributed by atoms with Crippen LogP contribution in [0.5, 0.6) is 0 Å². The van der Waals surface area contributed by atoms with Crippen LogP contribution in [0, 0.1) is 0 Å². The predicted octanol–water partition coefficient (Wildman–Crippen LogP) is 2.28. The fraction of sp³-hybridized carbons (Fsp3) is 0.290. The van der Waals surface area contributed by atoms with Crippen molar-refractivity contribution in [3.8, 4) is 11.1 Å². The molecule has 0 spiro atoms. The minimum atomic E-state index is -1.22. The zero-order chi connectivity index (χ0) is 24.4. The van der Waals surface area contributed by atoms with E-state index in [4.69, 9.17) is 0 Å². The summed E-state index contributed by atoms with van der Waals surface area (Å²) in [5.74, 6) is 0.578. The summed E-state index contributed by atoms with van der Waals surface area (Å²) < 4.78 is 0. The Labute approximate surface area is 256 Å². The van der Waals surface area contributed by atoms with E-state index in [9.17, 15) is 0 Å². The molecule has 3 heterocycles. The average Bonchev–Trinajstić information content (AvgIpc) is 3.50. The van der Waals surface area contributed by atoms with Gasteiger partial charge in [0.2, 0.25) is 0 Å². The van der Waals surface area contributed by atoms with Gasteiger partial charge in [0.1, 0.15) is 8.07 Å². The molecule has 0 aromatic heterocycles. The van der Waals surface area contributed by atoms with Crippen molar-refractivity contribution in [1.82, 2.24) is 0 Å². The Hall–Kier alpha value is -1.16. The average molecular weight is 641 g/mol. The Bertz CT molecular complexity index is 1430. The molecule has 0 atom stereocenters. The number of allylic oxidation sites excluding steroid dienone is 5. The van der Waals surface area contributed by atoms with Crippen LogP contribution in [0.1, 0.15) is 32.3 Å². The molecule has 4 aliphatic rings. The maximum atomic E-state index is 4.42. The maximum absolute atomic E-state index is 4.42. The van der Waals surface area contributed by atoms with Gasteiger partial charge in [0.25, 0.3) is 0 Å². The number of benzene rings is 2. The second-order valence-electron chi connectivity index (χ2n) is 11.8. The molecule has 1 nitrogen and oxygen atoms in total. The van der Waals surface area contributed by atoms with E-state index < -0.39 is 16.1 Å². The molecule has 0 N–H and O–H groups in total. The third kappa shape index (κ3) is 5.47. The molecule has 0 amide bonds. The van der Waals surface area contributed by atoms with E-state index in [-0.39, 0.29) is 51.0 Å². The molecule has 7 rings (SSSR count). The molecule has 37 heavy (non-hydrogen) atoms. The second-order valence-corrected chi connectivity index (χ2v) is 21.1. The molecule has 3 aliphatic heterocycles. The fourth-order valence-electron chi connectivity index (χ4n) is 5.87. The Kier molecular flexibility index (Phi) is 9.98. The van der Waals surface area contributed by atoms with Crippen molar-refractivity contribution in [2.24, 2.45) is 4.99 Å². The van der Waals surface area contributed by atoms with Gasteiger partial charge in [-0.1, -0.05) is 87.7 Å². The van der Waals surface area contributed by atoms with Crippen LogP contribution in [-0.4, -0.2) is 21.9 Å². The van der Waals surface area contributed by atoms with Crippen molar-refractivity contribution >= 4 is 37.8 Å². The number of fused-ring (bicyclic) bond motifs is 1. The summed E-state index contributed by atoms with van der Waals surface area (Å²) in [7, 11) is -2.35. The minimum Gasteiger partial charge on any atom is -1.00 e. The van der Waals surface area contributed by atoms with Gasteiger partial charge in [0.15, 0.2) is 0 Å². The molecule has 1 aliphatic carbocycles. The van der Waals surface area contributed by atoms with E-state index in [2.05, 4.69) is 119 Å². The number of hydrogen-bond acceptors (Lipinski definition) is 1. The van der Waals surface area contributed by atoms with Gasteiger partial charge in [-0.3, -0.25) is 4.99 Å². The van der Waals surface area contributed by atoms with E-state index in [0.29, 0.717) is 5.92 Å². The van der Waals surface area contributed by atoms with Crippen molar-refractivity contribution in [2.45, 2.75) is 59.4 Å². The molecular weight excluding hydrogens is 605 g/mol. The van der Waals surface area contributed by atoms with Gasteiger partial charge in [-0.2, -0.15) is 6.07 Å². The monoisotopic (exact) mass is 638 g/mol. The smallest absolute Gasteiger partial charge is 1.00 e. The van der Waals surface area contributed by atoms with Crippen molar-refractivity contribution in [1.29, 1.82) is 0 Å². The SMILES string of the molecule is CC(C)c1cc2c(-c3ccc([Si](C)(C)C)cc3)cccc2[cH-]1.CC1=C2C3=NC=CC3=C1[Si]2(C)C.[Cl-].[Cl-].[Zr+3]. The molecule has 1 radical (unpaired) electrons. The fourth-order valence-corrected chi connectivity index (χ4v) is 10.9. The van der Waals surface area contributed by atoms with E-state index >= 15 is 0 Å². The van der Waals surface area contributed by atoms with Crippen molar-refractivity contribution in [3.63, 3.8) is 0 Å². The standard InChI is InChI=1S/C21H25Si.C10H11NSi.2ClH.Zr/c1-15(2)18-13-17-7-6-8-20(21(17)14-18)16-9-11-19(12-10-16)22(3,4)5;1-6-9-7-4-5-11-8(7)10(6)12(9,2)3;;;/h6-15H,1-5H3;4-5H,1-3H3;2*1H;/q-1;;;;+3/p-2. The Morgan fingerprint density at radius 3 is 2.11 bits per heavy atom. The topological polar surface area (TPSA) is 12.4 Å². The zero-order valence-corrected chi connectivity index (χ0v) is 29.1. The van der Waals surface area contributed by atoms with E-state index in [1.54, 1.807) is 10.4 Å². The number of rotatable bonds is 3. The quantitative estimate of drug-likeness (QED) is 0.308. The minimum absolute atomic E-state index is 0. The molecular formula is C31H36Cl2NSi2Zr. The first-order valence-corrected chi connectivity index (χ1v) is 19.0. The van der Waals surface area contributed by atoms with Crippen LogP contribution in [-0.2, 0) is 26.2 Å². The van der Waals surface area contributed by atoms with Gasteiger partial charge >= 0.3 is 26.2 Å². The van der Waals surface area contributed by atoms with Gasteiger partial charge in [0.05, 0.1) is 13.8 Å². The summed E-state index contributed by atoms with van der Waals surface area (Å²) in [5, 5.41) is 7.53. The molecule has 6 heteroatoms. The summed E-state index contributed by atoms with van der Waals surface area (Å²) >= 11 is 0. The summed E-state index contributed by atoms with van der Waals surface area (Å²) in [5.41, 5.74) is 8.39. The summed E-state index contributed by atoms with van der Waals surface area (Å²) in [6.45, 7) is 18.8. The summed E-state index contributed by atoms with van der Waals surface area (Å²) in [6.07, 6.45) is 4.10. The maximum Gasteiger partial charge on any atom is 3.00 e. The number of halogens is 2. The van der Waals surface area contributed by atoms with Gasteiger partial charge in [-0.05, 0) is 40.4 Å². The summed E-state index contributed by atoms with van der Waals surface area (Å²) in [4.78, 5) is 4.42. The van der Waals surface area contributed by atoms with Crippen LogP contribution < -0.4 is 30.0 Å². The zero-order valence-electron chi connectivity index (χ0n) is 23.1. The van der Waals surface area contributed by atoms with Crippen LogP contribution >= 0.6 is 0 Å². The van der Waals surface area contributed by atoms with Gasteiger partial charge in [-0.15, -0.1) is 34.5 Å². The van der Waals surface area contributed by atoms with Crippen molar-refractivity contribution < 1.29 is 51.0 Å². The molecule has 0 saturated heterocycles. The number of hydrogen-bond donors (Lipinski definition) is 0. The van der Waals surface area contributed by atoms with Crippen LogP contribution in [0.15, 0.2) is 93.4 Å². The second kappa shape index (κ2) is 11.5. The molecule has 0 fully saturated rings. The molecule has 2 bridgehead atoms. The number of nitrogens with zero attached hydrogens (tertiary/aromatic N) is 1. The van der Waals surface area contributed by atoms with Crippen LogP contribution in [0.4, 0.5) is 0 Å². The Morgan fingerprint density at radius 2 is 1.57 bits per heavy atom. The van der Waals surface area contributed by atoms with Gasteiger partial charge < -0.3 is 24.8 Å². The van der Waals surface area contributed by atoms with Crippen molar-refractivity contribution in [3.05, 3.63) is 94.0 Å². The van der Waals surface area contributed by atoms with Gasteiger partial charge in [0, 0.05) is 11.8 Å². The Balaban J connectivity index is 0.000000274. The van der Waals surface area contributed by atoms with E-state index in [1.807, 2.05) is 6.20 Å². The normalized spacial score (nSPS) is 16.3. The van der Waals surface area contributed by atoms with Crippen LogP contribution in [0.3, 0.4) is 0 Å². The molecule has 3 aromatic rings. The van der Waals surface area contributed by atoms with E-state index in [0.717, 1.165) is 0 Å². The van der Waals surface area contributed by atoms with Crippen LogP contribution in [0.25, 0.3) is 21.9 Å². The molecule has 3 aromatic carbocycles. The summed E-state index contributed by atoms with van der Waals surface area (Å²) in [6, 6.07) is 20.6. The third-order valence-corrected chi connectivity index (χ3v) is 13.5. The largest absolute Gasteiger partial charge is 3.00 e. The molecule has 0 saturated carbocycles. The van der Waals surface area contributed by atoms with E-state index in [1.165, 1.54) is 49.5 Å². The molecule has 191 valence electrons. The van der Waals surface area contributed by atoms with Crippen molar-refractivity contribution in [2.75, 3.05) is 0 Å². The number of aliphatic imine (C=N–C) groups is 1. The first kappa shape index (κ1) is 32.1. The first-order valence-electron chi connectivity index (χ1n) is 12.5. The molecule has 0 unspecified atom stereocenters.